The second kappa shape index (κ2) is 11.0. The van der Waals surface area contributed by atoms with E-state index in [9.17, 15) is 4.79 Å². The lowest BCUT2D eigenvalue weighted by Crippen LogP contribution is -2.39. The van der Waals surface area contributed by atoms with Crippen molar-refractivity contribution in [2.45, 2.75) is 44.8 Å². The van der Waals surface area contributed by atoms with Gasteiger partial charge in [-0.3, -0.25) is 10.3 Å². The maximum Gasteiger partial charge on any atom is 0.412 e. The van der Waals surface area contributed by atoms with Crippen molar-refractivity contribution in [1.82, 2.24) is 19.9 Å². The van der Waals surface area contributed by atoms with Crippen molar-refractivity contribution in [3.8, 4) is 22.2 Å². The third kappa shape index (κ3) is 5.37. The molecular formula is C29H26FN5O4S. The zero-order valence-electron chi connectivity index (χ0n) is 21.9. The summed E-state index contributed by atoms with van der Waals surface area (Å²) in [6, 6.07) is 10.4. The molecule has 6 rings (SSSR count). The van der Waals surface area contributed by atoms with Gasteiger partial charge in [0.05, 0.1) is 46.4 Å². The van der Waals surface area contributed by atoms with Crippen LogP contribution in [0, 0.1) is 12.7 Å². The molecule has 0 saturated heterocycles. The highest BCUT2D eigenvalue weighted by molar-refractivity contribution is 7.21. The maximum absolute atomic E-state index is 15.2. The Morgan fingerprint density at radius 1 is 1.07 bits per heavy atom. The van der Waals surface area contributed by atoms with Gasteiger partial charge in [-0.15, -0.1) is 11.3 Å². The lowest BCUT2D eigenvalue weighted by Gasteiger charge is -2.31. The third-order valence-electron chi connectivity index (χ3n) is 6.74. The zero-order chi connectivity index (χ0) is 27.6. The standard InChI is InChI=1S/C29H26FN5O4S/c1-16-10-18(27-21(11-16)34-26(37-2)15-32-27)28-35-20-12-19(30)24(13-25(20)40-28)38-22-7-3-4-8-23(22)39-29(36)33-17-6-5-9-31-14-17/h5-6,9-15,22-23H,3-4,7-8H2,1-2H3,(H,33,36). The van der Waals surface area contributed by atoms with Crippen molar-refractivity contribution in [1.29, 1.82) is 0 Å². The van der Waals surface area contributed by atoms with Gasteiger partial charge in [0.2, 0.25) is 5.88 Å². The third-order valence-corrected chi connectivity index (χ3v) is 7.79. The molecule has 0 radical (unpaired) electrons. The molecular weight excluding hydrogens is 533 g/mol. The molecule has 0 bridgehead atoms. The van der Waals surface area contributed by atoms with Gasteiger partial charge in [0.1, 0.15) is 17.2 Å². The molecule has 0 aliphatic heterocycles. The van der Waals surface area contributed by atoms with Crippen LogP contribution in [0.4, 0.5) is 14.9 Å². The summed E-state index contributed by atoms with van der Waals surface area (Å²) in [7, 11) is 1.55. The number of aromatic nitrogens is 4. The maximum atomic E-state index is 15.2. The van der Waals surface area contributed by atoms with Crippen LogP contribution in [0.5, 0.6) is 11.6 Å². The molecule has 1 saturated carbocycles. The van der Waals surface area contributed by atoms with Crippen LogP contribution in [0.2, 0.25) is 0 Å². The highest BCUT2D eigenvalue weighted by Crippen LogP contribution is 2.38. The van der Waals surface area contributed by atoms with Crippen molar-refractivity contribution in [3.63, 3.8) is 0 Å². The van der Waals surface area contributed by atoms with E-state index < -0.39 is 24.1 Å². The van der Waals surface area contributed by atoms with Crippen molar-refractivity contribution >= 4 is 44.4 Å². The Bertz CT molecular complexity index is 1700. The smallest absolute Gasteiger partial charge is 0.412 e. The van der Waals surface area contributed by atoms with Crippen molar-refractivity contribution in [2.24, 2.45) is 0 Å². The number of pyridine rings is 1. The number of carbonyl (C=O) groups excluding carboxylic acids is 1. The van der Waals surface area contributed by atoms with E-state index in [4.69, 9.17) is 19.2 Å². The van der Waals surface area contributed by atoms with Crippen LogP contribution >= 0.6 is 11.3 Å². The van der Waals surface area contributed by atoms with Gasteiger partial charge >= 0.3 is 6.09 Å². The highest BCUT2D eigenvalue weighted by Gasteiger charge is 2.31. The molecule has 9 nitrogen and oxygen atoms in total. The number of halogens is 1. The molecule has 1 N–H and O–H groups in total. The molecule has 2 atom stereocenters. The number of aryl methyl sites for hydroxylation is 1. The second-order valence-corrected chi connectivity index (χ2v) is 10.6. The summed E-state index contributed by atoms with van der Waals surface area (Å²) < 4.78 is 33.1. The van der Waals surface area contributed by atoms with E-state index in [0.717, 1.165) is 28.7 Å². The van der Waals surface area contributed by atoms with Gasteiger partial charge in [0.25, 0.3) is 0 Å². The van der Waals surface area contributed by atoms with Crippen LogP contribution in [-0.4, -0.2) is 45.3 Å². The summed E-state index contributed by atoms with van der Waals surface area (Å²) >= 11 is 1.42. The van der Waals surface area contributed by atoms with E-state index in [1.165, 1.54) is 23.6 Å². The number of rotatable bonds is 6. The lowest BCUT2D eigenvalue weighted by atomic mass is 9.94. The Morgan fingerprint density at radius 3 is 2.73 bits per heavy atom. The van der Waals surface area contributed by atoms with E-state index in [-0.39, 0.29) is 5.75 Å². The predicted octanol–water partition coefficient (Wildman–Crippen LogP) is 6.70. The first kappa shape index (κ1) is 25.9. The summed E-state index contributed by atoms with van der Waals surface area (Å²) in [5, 5.41) is 3.37. The van der Waals surface area contributed by atoms with E-state index in [2.05, 4.69) is 20.3 Å². The molecule has 0 spiro atoms. The largest absolute Gasteiger partial charge is 0.483 e. The quantitative estimate of drug-likeness (QED) is 0.245. The molecule has 3 heterocycles. The number of methoxy groups -OCH3 is 1. The Hall–Kier alpha value is -4.38. The molecule has 2 aromatic carbocycles. The van der Waals surface area contributed by atoms with Crippen molar-refractivity contribution in [3.05, 3.63) is 66.4 Å². The van der Waals surface area contributed by atoms with Crippen LogP contribution in [0.3, 0.4) is 0 Å². The number of anilines is 1. The first-order valence-electron chi connectivity index (χ1n) is 12.9. The molecule has 11 heteroatoms. The van der Waals surface area contributed by atoms with Gasteiger partial charge in [-0.2, -0.15) is 0 Å². The molecule has 204 valence electrons. The fourth-order valence-corrected chi connectivity index (χ4v) is 5.85. The molecule has 3 aromatic heterocycles. The Kier molecular flexibility index (Phi) is 7.12. The molecule has 1 amide bonds. The van der Waals surface area contributed by atoms with Gasteiger partial charge < -0.3 is 14.2 Å². The summed E-state index contributed by atoms with van der Waals surface area (Å²) in [5.74, 6) is 0.0124. The number of amides is 1. The minimum Gasteiger partial charge on any atom is -0.483 e. The lowest BCUT2D eigenvalue weighted by molar-refractivity contribution is -0.00440. The number of ether oxygens (including phenoxy) is 3. The first-order chi connectivity index (χ1) is 19.5. The Morgan fingerprint density at radius 2 is 1.93 bits per heavy atom. The second-order valence-electron chi connectivity index (χ2n) is 9.61. The number of benzene rings is 2. The van der Waals surface area contributed by atoms with Crippen LogP contribution in [-0.2, 0) is 4.74 Å². The predicted molar refractivity (Wildman–Crippen MR) is 150 cm³/mol. The van der Waals surface area contributed by atoms with Crippen molar-refractivity contribution < 1.29 is 23.4 Å². The van der Waals surface area contributed by atoms with Gasteiger partial charge in [-0.05, 0) is 62.4 Å². The van der Waals surface area contributed by atoms with Crippen LogP contribution in [0.15, 0.2) is 55.0 Å². The van der Waals surface area contributed by atoms with E-state index in [1.807, 2.05) is 19.1 Å². The fourth-order valence-electron chi connectivity index (χ4n) is 4.86. The molecule has 2 unspecified atom stereocenters. The molecule has 1 aliphatic rings. The molecule has 5 aromatic rings. The molecule has 1 fully saturated rings. The monoisotopic (exact) mass is 559 g/mol. The van der Waals surface area contributed by atoms with Gasteiger partial charge in [0, 0.05) is 23.9 Å². The zero-order valence-corrected chi connectivity index (χ0v) is 22.7. The van der Waals surface area contributed by atoms with Gasteiger partial charge in [-0.25, -0.2) is 24.1 Å². The minimum atomic E-state index is -0.595. The van der Waals surface area contributed by atoms with E-state index in [1.54, 1.807) is 37.7 Å². The molecule has 40 heavy (non-hydrogen) atoms. The number of carbonyl (C=O) groups is 1. The number of nitrogens with one attached hydrogen (secondary N) is 1. The normalized spacial score (nSPS) is 17.1. The van der Waals surface area contributed by atoms with Gasteiger partial charge in [0.15, 0.2) is 11.6 Å². The summed E-state index contributed by atoms with van der Waals surface area (Å²) in [6.07, 6.45) is 6.22. The van der Waals surface area contributed by atoms with E-state index >= 15 is 4.39 Å². The first-order valence-corrected chi connectivity index (χ1v) is 13.7. The SMILES string of the molecule is COc1cnc2c(-c3nc4cc(F)c(OC5CCCCC5OC(=O)Nc5cccnc5)cc4s3)cc(C)cc2n1. The highest BCUT2D eigenvalue weighted by atomic mass is 32.1. The van der Waals surface area contributed by atoms with Crippen molar-refractivity contribution in [2.75, 3.05) is 12.4 Å². The average molecular weight is 560 g/mol. The number of nitrogens with zero attached hydrogens (tertiary/aromatic N) is 4. The molecule has 1 aliphatic carbocycles. The van der Waals surface area contributed by atoms with Crippen LogP contribution in [0.25, 0.3) is 31.8 Å². The topological polar surface area (TPSA) is 108 Å². The van der Waals surface area contributed by atoms with Gasteiger partial charge in [-0.1, -0.05) is 0 Å². The number of hydrogen-bond donors (Lipinski definition) is 1. The number of hydrogen-bond acceptors (Lipinski definition) is 9. The average Bonchev–Trinajstić information content (AvgIpc) is 3.36. The summed E-state index contributed by atoms with van der Waals surface area (Å²) in [6.45, 7) is 1.97. The fraction of sp³-hybridized carbons (Fsp3) is 0.276. The Balaban J connectivity index is 1.25. The van der Waals surface area contributed by atoms with Crippen LogP contribution < -0.4 is 14.8 Å². The Labute approximate surface area is 233 Å². The number of thiazole rings is 1. The van der Waals surface area contributed by atoms with E-state index in [0.29, 0.717) is 46.0 Å². The summed E-state index contributed by atoms with van der Waals surface area (Å²) in [4.78, 5) is 30.2. The minimum absolute atomic E-state index is 0.106. The number of fused-ring (bicyclic) bond motifs is 2. The van der Waals surface area contributed by atoms with Crippen LogP contribution in [0.1, 0.15) is 31.2 Å². The summed E-state index contributed by atoms with van der Waals surface area (Å²) in [5.41, 5.74) is 4.25.